The largest absolute Gasteiger partial charge is 0.396 e. The Labute approximate surface area is 172 Å². The SMILES string of the molecule is Nc1cnc2cc(Cl)ccc2c1NCCCNCC12CC3CC(CC(C3)C1)C2. The van der Waals surface area contributed by atoms with Gasteiger partial charge in [-0.3, -0.25) is 4.98 Å². The fourth-order valence-corrected chi connectivity index (χ4v) is 6.83. The molecule has 4 nitrogen and oxygen atoms in total. The van der Waals surface area contributed by atoms with Crippen molar-refractivity contribution in [2.45, 2.75) is 44.9 Å². The first-order valence-electron chi connectivity index (χ1n) is 10.9. The second-order valence-corrected chi connectivity index (χ2v) is 10.1. The summed E-state index contributed by atoms with van der Waals surface area (Å²) >= 11 is 6.08. The van der Waals surface area contributed by atoms with Crippen LogP contribution in [0.25, 0.3) is 10.9 Å². The molecular formula is C23H31ClN4. The number of aromatic nitrogens is 1. The molecule has 0 spiro atoms. The topological polar surface area (TPSA) is 63.0 Å². The molecule has 4 aliphatic carbocycles. The molecule has 4 aliphatic rings. The number of anilines is 2. The van der Waals surface area contributed by atoms with Crippen LogP contribution in [0.3, 0.4) is 0 Å². The predicted molar refractivity (Wildman–Crippen MR) is 118 cm³/mol. The van der Waals surface area contributed by atoms with Gasteiger partial charge in [-0.2, -0.15) is 0 Å². The highest BCUT2D eigenvalue weighted by Gasteiger charge is 2.50. The first-order valence-corrected chi connectivity index (χ1v) is 11.3. The summed E-state index contributed by atoms with van der Waals surface area (Å²) in [5, 5.41) is 9.04. The fourth-order valence-electron chi connectivity index (χ4n) is 6.67. The Morgan fingerprint density at radius 2 is 1.79 bits per heavy atom. The van der Waals surface area contributed by atoms with Crippen molar-refractivity contribution >= 4 is 33.9 Å². The lowest BCUT2D eigenvalue weighted by Crippen LogP contribution is -2.50. The summed E-state index contributed by atoms with van der Waals surface area (Å²) in [6.45, 7) is 3.18. The van der Waals surface area contributed by atoms with Gasteiger partial charge in [0.1, 0.15) is 0 Å². The van der Waals surface area contributed by atoms with E-state index < -0.39 is 0 Å². The predicted octanol–water partition coefficient (Wildman–Crippen LogP) is 5.08. The Balaban J connectivity index is 1.12. The van der Waals surface area contributed by atoms with E-state index in [2.05, 4.69) is 15.6 Å². The Kier molecular flexibility index (Phi) is 4.88. The van der Waals surface area contributed by atoms with Crippen molar-refractivity contribution in [1.82, 2.24) is 10.3 Å². The zero-order chi connectivity index (χ0) is 19.1. The van der Waals surface area contributed by atoms with Gasteiger partial charge >= 0.3 is 0 Å². The van der Waals surface area contributed by atoms with Gasteiger partial charge in [0, 0.05) is 23.5 Å². The minimum absolute atomic E-state index is 0.618. The molecule has 0 unspecified atom stereocenters. The van der Waals surface area contributed by atoms with Crippen LogP contribution in [-0.2, 0) is 0 Å². The van der Waals surface area contributed by atoms with Gasteiger partial charge in [0.25, 0.3) is 0 Å². The van der Waals surface area contributed by atoms with E-state index in [0.717, 1.165) is 53.9 Å². The number of hydrogen-bond donors (Lipinski definition) is 3. The molecule has 4 saturated carbocycles. The van der Waals surface area contributed by atoms with Crippen LogP contribution in [0.1, 0.15) is 44.9 Å². The molecule has 4 N–H and O–H groups in total. The number of hydrogen-bond acceptors (Lipinski definition) is 4. The highest BCUT2D eigenvalue weighted by molar-refractivity contribution is 6.31. The molecule has 5 heteroatoms. The summed E-state index contributed by atoms with van der Waals surface area (Å²) in [6, 6.07) is 5.77. The highest BCUT2D eigenvalue weighted by Crippen LogP contribution is 2.59. The summed E-state index contributed by atoms with van der Waals surface area (Å²) in [7, 11) is 0. The Morgan fingerprint density at radius 1 is 1.07 bits per heavy atom. The second-order valence-electron chi connectivity index (χ2n) is 9.62. The smallest absolute Gasteiger partial charge is 0.0743 e. The summed E-state index contributed by atoms with van der Waals surface area (Å²) in [5.41, 5.74) is 9.32. The molecule has 4 fully saturated rings. The standard InChI is InChI=1S/C23H31ClN4/c24-18-2-3-19-21(9-18)28-13-20(25)22(19)27-5-1-4-26-14-23-10-15-6-16(11-23)8-17(7-15)12-23/h2-3,9,13,15-17,26H,1,4-8,10-12,14,25H2,(H,27,28). The Hall–Kier alpha value is -1.52. The van der Waals surface area contributed by atoms with E-state index in [1.807, 2.05) is 18.2 Å². The Morgan fingerprint density at radius 3 is 2.50 bits per heavy atom. The van der Waals surface area contributed by atoms with Gasteiger partial charge in [-0.25, -0.2) is 0 Å². The number of pyridine rings is 1. The van der Waals surface area contributed by atoms with Crippen molar-refractivity contribution in [3.63, 3.8) is 0 Å². The molecule has 2 aromatic rings. The van der Waals surface area contributed by atoms with Gasteiger partial charge in [-0.1, -0.05) is 11.6 Å². The van der Waals surface area contributed by atoms with Gasteiger partial charge in [0.15, 0.2) is 0 Å². The summed E-state index contributed by atoms with van der Waals surface area (Å²) in [6.07, 6.45) is 11.8. The van der Waals surface area contributed by atoms with E-state index in [1.165, 1.54) is 45.1 Å². The van der Waals surface area contributed by atoms with Gasteiger partial charge in [-0.15, -0.1) is 0 Å². The average Bonchev–Trinajstić information content (AvgIpc) is 2.65. The first-order chi connectivity index (χ1) is 13.6. The number of nitrogens with one attached hydrogen (secondary N) is 2. The molecule has 0 radical (unpaired) electrons. The minimum atomic E-state index is 0.618. The fraction of sp³-hybridized carbons (Fsp3) is 0.609. The lowest BCUT2D eigenvalue weighted by atomic mass is 9.49. The number of benzene rings is 1. The molecular weight excluding hydrogens is 368 g/mol. The molecule has 1 heterocycles. The maximum absolute atomic E-state index is 6.16. The van der Waals surface area contributed by atoms with E-state index in [9.17, 15) is 0 Å². The van der Waals surface area contributed by atoms with Crippen LogP contribution < -0.4 is 16.4 Å². The van der Waals surface area contributed by atoms with E-state index in [-0.39, 0.29) is 0 Å². The highest BCUT2D eigenvalue weighted by atomic mass is 35.5. The second kappa shape index (κ2) is 7.38. The normalized spacial score (nSPS) is 30.8. The quantitative estimate of drug-likeness (QED) is 0.569. The Bertz CT molecular complexity index is 830. The van der Waals surface area contributed by atoms with E-state index in [4.69, 9.17) is 17.3 Å². The van der Waals surface area contributed by atoms with Crippen LogP contribution >= 0.6 is 11.6 Å². The van der Waals surface area contributed by atoms with Gasteiger partial charge in [0.05, 0.1) is 23.1 Å². The van der Waals surface area contributed by atoms with E-state index >= 15 is 0 Å². The average molecular weight is 399 g/mol. The van der Waals surface area contributed by atoms with Gasteiger partial charge in [0.2, 0.25) is 0 Å². The molecule has 0 atom stereocenters. The van der Waals surface area contributed by atoms with Crippen molar-refractivity contribution in [3.05, 3.63) is 29.4 Å². The zero-order valence-corrected chi connectivity index (χ0v) is 17.3. The molecule has 28 heavy (non-hydrogen) atoms. The number of halogens is 1. The number of fused-ring (bicyclic) bond motifs is 1. The monoisotopic (exact) mass is 398 g/mol. The van der Waals surface area contributed by atoms with Crippen molar-refractivity contribution in [3.8, 4) is 0 Å². The van der Waals surface area contributed by atoms with Crippen LogP contribution in [-0.4, -0.2) is 24.6 Å². The van der Waals surface area contributed by atoms with Crippen molar-refractivity contribution in [2.24, 2.45) is 23.2 Å². The first kappa shape index (κ1) is 18.5. The molecule has 4 bridgehead atoms. The molecule has 150 valence electrons. The van der Waals surface area contributed by atoms with Crippen LogP contribution in [0.4, 0.5) is 11.4 Å². The van der Waals surface area contributed by atoms with Crippen LogP contribution in [0.5, 0.6) is 0 Å². The number of nitrogens with two attached hydrogens (primary N) is 1. The molecule has 0 saturated heterocycles. The summed E-state index contributed by atoms with van der Waals surface area (Å²) in [5.74, 6) is 3.10. The molecule has 1 aromatic carbocycles. The van der Waals surface area contributed by atoms with Crippen molar-refractivity contribution < 1.29 is 0 Å². The number of nitrogens with zero attached hydrogens (tertiary/aromatic N) is 1. The third kappa shape index (κ3) is 3.57. The van der Waals surface area contributed by atoms with Crippen molar-refractivity contribution in [1.29, 1.82) is 0 Å². The van der Waals surface area contributed by atoms with E-state index in [1.54, 1.807) is 6.20 Å². The maximum atomic E-state index is 6.16. The zero-order valence-electron chi connectivity index (χ0n) is 16.5. The maximum Gasteiger partial charge on any atom is 0.0743 e. The summed E-state index contributed by atoms with van der Waals surface area (Å²) < 4.78 is 0. The van der Waals surface area contributed by atoms with Crippen molar-refractivity contribution in [2.75, 3.05) is 30.7 Å². The third-order valence-electron chi connectivity index (χ3n) is 7.36. The van der Waals surface area contributed by atoms with Crippen LogP contribution in [0, 0.1) is 23.2 Å². The lowest BCUT2D eigenvalue weighted by Gasteiger charge is -2.57. The third-order valence-corrected chi connectivity index (χ3v) is 7.59. The number of rotatable bonds is 7. The molecule has 6 rings (SSSR count). The molecule has 1 aromatic heterocycles. The lowest BCUT2D eigenvalue weighted by molar-refractivity contribution is -0.0511. The number of nitrogen functional groups attached to an aromatic ring is 1. The van der Waals surface area contributed by atoms with Gasteiger partial charge in [-0.05, 0) is 92.9 Å². The van der Waals surface area contributed by atoms with Gasteiger partial charge < -0.3 is 16.4 Å². The minimum Gasteiger partial charge on any atom is -0.396 e. The molecule has 0 amide bonds. The molecule has 0 aliphatic heterocycles. The van der Waals surface area contributed by atoms with Crippen LogP contribution in [0.15, 0.2) is 24.4 Å². The van der Waals surface area contributed by atoms with Crippen LogP contribution in [0.2, 0.25) is 5.02 Å². The van der Waals surface area contributed by atoms with E-state index in [0.29, 0.717) is 16.1 Å². The summed E-state index contributed by atoms with van der Waals surface area (Å²) in [4.78, 5) is 4.39.